The molecule has 0 unspecified atom stereocenters. The minimum Gasteiger partial charge on any atom is -0.497 e. The van der Waals surface area contributed by atoms with Crippen molar-refractivity contribution in [3.05, 3.63) is 29.1 Å². The molecule has 1 heterocycles. The van der Waals surface area contributed by atoms with Crippen molar-refractivity contribution < 1.29 is 4.74 Å². The number of nitrogens with two attached hydrogens (primary N) is 1. The van der Waals surface area contributed by atoms with Crippen LogP contribution in [0.1, 0.15) is 4.88 Å². The molecule has 0 saturated heterocycles. The van der Waals surface area contributed by atoms with E-state index in [1.54, 1.807) is 7.11 Å². The molecular weight excluding hydrogens is 256 g/mol. The highest BCUT2D eigenvalue weighted by Gasteiger charge is 2.11. The summed E-state index contributed by atoms with van der Waals surface area (Å²) in [4.78, 5) is 5.48. The Balaban J connectivity index is 2.37. The molecule has 0 aliphatic carbocycles. The lowest BCUT2D eigenvalue weighted by Crippen LogP contribution is -1.88. The van der Waals surface area contributed by atoms with Crippen molar-refractivity contribution in [1.82, 2.24) is 4.98 Å². The molecule has 1 aromatic carbocycles. The van der Waals surface area contributed by atoms with Crippen LogP contribution >= 0.6 is 22.9 Å². The van der Waals surface area contributed by atoms with Crippen molar-refractivity contribution in [3.8, 4) is 17.0 Å². The molecule has 0 amide bonds. The predicted molar refractivity (Wildman–Crippen MR) is 72.9 cm³/mol. The van der Waals surface area contributed by atoms with E-state index in [9.17, 15) is 0 Å². The van der Waals surface area contributed by atoms with Gasteiger partial charge in [0.05, 0.1) is 12.8 Å². The summed E-state index contributed by atoms with van der Waals surface area (Å²) in [5.41, 5.74) is 7.71. The first-order chi connectivity index (χ1) is 8.24. The third-order valence-electron chi connectivity index (χ3n) is 2.40. The average molecular weight is 269 g/mol. The van der Waals surface area contributed by atoms with Gasteiger partial charge >= 0.3 is 0 Å². The van der Waals surface area contributed by atoms with Crippen LogP contribution in [0.5, 0.6) is 5.75 Å². The van der Waals surface area contributed by atoms with Gasteiger partial charge in [0.2, 0.25) is 0 Å². The largest absolute Gasteiger partial charge is 0.497 e. The number of benzene rings is 1. The number of hydrogen-bond donors (Lipinski definition) is 1. The highest BCUT2D eigenvalue weighted by molar-refractivity contribution is 7.15. The lowest BCUT2D eigenvalue weighted by atomic mass is 10.1. The number of nitrogens with zero attached hydrogens (tertiary/aromatic N) is 1. The van der Waals surface area contributed by atoms with E-state index in [1.807, 2.05) is 24.3 Å². The van der Waals surface area contributed by atoms with Crippen LogP contribution in [0.4, 0.5) is 5.13 Å². The summed E-state index contributed by atoms with van der Waals surface area (Å²) in [6, 6.07) is 7.78. The van der Waals surface area contributed by atoms with E-state index in [0.29, 0.717) is 11.0 Å². The third kappa shape index (κ3) is 2.70. The summed E-state index contributed by atoms with van der Waals surface area (Å²) in [7, 11) is 1.65. The molecule has 0 radical (unpaired) electrons. The minimum atomic E-state index is 0.574. The first kappa shape index (κ1) is 12.2. The van der Waals surface area contributed by atoms with Crippen molar-refractivity contribution in [1.29, 1.82) is 0 Å². The molecule has 0 aliphatic rings. The zero-order chi connectivity index (χ0) is 12.3. The Morgan fingerprint density at radius 2 is 2.06 bits per heavy atom. The fourth-order valence-electron chi connectivity index (χ4n) is 1.60. The van der Waals surface area contributed by atoms with Crippen molar-refractivity contribution in [2.45, 2.75) is 6.42 Å². The standard InChI is InChI=1S/C12H13ClN2OS/c1-16-9-4-2-8(3-5-9)11-10(6-7-13)17-12(14)15-11/h2-5H,6-7H2,1H3,(H2,14,15). The normalized spacial score (nSPS) is 10.5. The molecule has 90 valence electrons. The topological polar surface area (TPSA) is 48.1 Å². The van der Waals surface area contributed by atoms with Gasteiger partial charge in [-0.2, -0.15) is 0 Å². The summed E-state index contributed by atoms with van der Waals surface area (Å²) in [6.45, 7) is 0. The van der Waals surface area contributed by atoms with E-state index in [-0.39, 0.29) is 0 Å². The molecule has 0 fully saturated rings. The number of nitrogen functional groups attached to an aromatic ring is 1. The summed E-state index contributed by atoms with van der Waals surface area (Å²) in [5.74, 6) is 1.40. The summed E-state index contributed by atoms with van der Waals surface area (Å²) in [5, 5.41) is 0.580. The monoisotopic (exact) mass is 268 g/mol. The molecule has 3 nitrogen and oxygen atoms in total. The van der Waals surface area contributed by atoms with E-state index >= 15 is 0 Å². The number of aryl methyl sites for hydroxylation is 1. The fourth-order valence-corrected chi connectivity index (χ4v) is 2.75. The number of ether oxygens (including phenoxy) is 1. The Labute approximate surface area is 109 Å². The maximum absolute atomic E-state index is 5.77. The van der Waals surface area contributed by atoms with Crippen LogP contribution in [-0.4, -0.2) is 18.0 Å². The molecule has 0 aliphatic heterocycles. The van der Waals surface area contributed by atoms with Crippen molar-refractivity contribution >= 4 is 28.1 Å². The van der Waals surface area contributed by atoms with Gasteiger partial charge in [0, 0.05) is 16.3 Å². The highest BCUT2D eigenvalue weighted by Crippen LogP contribution is 2.31. The quantitative estimate of drug-likeness (QED) is 0.867. The number of halogens is 1. The van der Waals surface area contributed by atoms with Crippen LogP contribution in [0.3, 0.4) is 0 Å². The van der Waals surface area contributed by atoms with Gasteiger partial charge in [0.1, 0.15) is 5.75 Å². The van der Waals surface area contributed by atoms with Gasteiger partial charge in [0.15, 0.2) is 5.13 Å². The molecular formula is C12H13ClN2OS. The molecule has 0 atom stereocenters. The number of methoxy groups -OCH3 is 1. The van der Waals surface area contributed by atoms with E-state index in [1.165, 1.54) is 11.3 Å². The Morgan fingerprint density at radius 3 is 2.65 bits per heavy atom. The molecule has 0 spiro atoms. The first-order valence-corrected chi connectivity index (χ1v) is 6.55. The predicted octanol–water partition coefficient (Wildman–Crippen LogP) is 3.18. The van der Waals surface area contributed by atoms with Crippen LogP contribution in [0.15, 0.2) is 24.3 Å². The zero-order valence-electron chi connectivity index (χ0n) is 9.44. The Kier molecular flexibility index (Phi) is 3.86. The first-order valence-electron chi connectivity index (χ1n) is 5.20. The maximum atomic E-state index is 5.77. The molecule has 2 aromatic rings. The van der Waals surface area contributed by atoms with Gasteiger partial charge in [-0.3, -0.25) is 0 Å². The van der Waals surface area contributed by atoms with Crippen LogP contribution in [0, 0.1) is 0 Å². The minimum absolute atomic E-state index is 0.574. The summed E-state index contributed by atoms with van der Waals surface area (Å²) < 4.78 is 5.12. The molecule has 0 bridgehead atoms. The van der Waals surface area contributed by atoms with Gasteiger partial charge in [-0.05, 0) is 30.7 Å². The fraction of sp³-hybridized carbons (Fsp3) is 0.250. The Morgan fingerprint density at radius 1 is 1.35 bits per heavy atom. The van der Waals surface area contributed by atoms with Gasteiger partial charge in [-0.25, -0.2) is 4.98 Å². The van der Waals surface area contributed by atoms with Crippen molar-refractivity contribution in [2.75, 3.05) is 18.7 Å². The van der Waals surface area contributed by atoms with Crippen LogP contribution in [-0.2, 0) is 6.42 Å². The van der Waals surface area contributed by atoms with Crippen LogP contribution in [0.2, 0.25) is 0 Å². The molecule has 0 saturated carbocycles. The zero-order valence-corrected chi connectivity index (χ0v) is 11.0. The van der Waals surface area contributed by atoms with Gasteiger partial charge in [-0.1, -0.05) is 0 Å². The Hall–Kier alpha value is -1.26. The number of anilines is 1. The lowest BCUT2D eigenvalue weighted by molar-refractivity contribution is 0.415. The smallest absolute Gasteiger partial charge is 0.180 e. The number of aromatic nitrogens is 1. The molecule has 5 heteroatoms. The molecule has 1 aromatic heterocycles. The lowest BCUT2D eigenvalue weighted by Gasteiger charge is -2.03. The Bertz CT molecular complexity index is 496. The van der Waals surface area contributed by atoms with E-state index in [2.05, 4.69) is 4.98 Å². The highest BCUT2D eigenvalue weighted by atomic mass is 35.5. The molecule has 17 heavy (non-hydrogen) atoms. The van der Waals surface area contributed by atoms with E-state index < -0.39 is 0 Å². The van der Waals surface area contributed by atoms with Crippen molar-refractivity contribution in [3.63, 3.8) is 0 Å². The van der Waals surface area contributed by atoms with Gasteiger partial charge < -0.3 is 10.5 Å². The second-order valence-corrected chi connectivity index (χ2v) is 4.98. The SMILES string of the molecule is COc1ccc(-c2nc(N)sc2CCCl)cc1. The number of rotatable bonds is 4. The molecule has 2 rings (SSSR count). The summed E-state index contributed by atoms with van der Waals surface area (Å²) in [6.07, 6.45) is 0.789. The average Bonchev–Trinajstić information content (AvgIpc) is 2.71. The number of thiazole rings is 1. The number of hydrogen-bond acceptors (Lipinski definition) is 4. The molecule has 2 N–H and O–H groups in total. The third-order valence-corrected chi connectivity index (χ3v) is 3.53. The van der Waals surface area contributed by atoms with Crippen molar-refractivity contribution in [2.24, 2.45) is 0 Å². The van der Waals surface area contributed by atoms with Gasteiger partial charge in [0.25, 0.3) is 0 Å². The van der Waals surface area contributed by atoms with E-state index in [0.717, 1.165) is 28.3 Å². The maximum Gasteiger partial charge on any atom is 0.180 e. The second-order valence-electron chi connectivity index (χ2n) is 3.49. The summed E-state index contributed by atoms with van der Waals surface area (Å²) >= 11 is 7.27. The van der Waals surface area contributed by atoms with Crippen LogP contribution < -0.4 is 10.5 Å². The van der Waals surface area contributed by atoms with E-state index in [4.69, 9.17) is 22.1 Å². The van der Waals surface area contributed by atoms with Crippen LogP contribution in [0.25, 0.3) is 11.3 Å². The number of alkyl halides is 1. The van der Waals surface area contributed by atoms with Gasteiger partial charge in [-0.15, -0.1) is 22.9 Å². The second kappa shape index (κ2) is 5.38.